The smallest absolute Gasteiger partial charge is 0.462 e. The first kappa shape index (κ1) is 96.1. The summed E-state index contributed by atoms with van der Waals surface area (Å²) in [5.41, 5.74) is 0. The van der Waals surface area contributed by atoms with Gasteiger partial charge in [-0.1, -0.05) is 351 Å². The van der Waals surface area contributed by atoms with Gasteiger partial charge in [0.25, 0.3) is 0 Å². The van der Waals surface area contributed by atoms with E-state index in [0.29, 0.717) is 25.7 Å². The normalized spacial score (nSPS) is 14.6. The Morgan fingerprint density at radius 3 is 0.724 bits per heavy atom. The van der Waals surface area contributed by atoms with E-state index in [4.69, 9.17) is 37.0 Å². The molecule has 19 heteroatoms. The van der Waals surface area contributed by atoms with Crippen LogP contribution in [0.5, 0.6) is 0 Å². The van der Waals surface area contributed by atoms with Crippen LogP contribution in [0, 0.1) is 23.7 Å². The Bertz CT molecular complexity index is 1920. The van der Waals surface area contributed by atoms with Crippen LogP contribution in [0.25, 0.3) is 0 Å². The summed E-state index contributed by atoms with van der Waals surface area (Å²) < 4.78 is 68.6. The third-order valence-corrected chi connectivity index (χ3v) is 20.9. The number of esters is 4. The summed E-state index contributed by atoms with van der Waals surface area (Å²) in [6.07, 6.45) is 54.0. The lowest BCUT2D eigenvalue weighted by Gasteiger charge is -2.21. The van der Waals surface area contributed by atoms with Crippen molar-refractivity contribution in [1.82, 2.24) is 0 Å². The van der Waals surface area contributed by atoms with E-state index >= 15 is 0 Å². The summed E-state index contributed by atoms with van der Waals surface area (Å²) in [7, 11) is -9.92. The second kappa shape index (κ2) is 68.2. The van der Waals surface area contributed by atoms with E-state index in [0.717, 1.165) is 120 Å². The Balaban J connectivity index is 5.24. The van der Waals surface area contributed by atoms with E-state index in [1.165, 1.54) is 199 Å². The van der Waals surface area contributed by atoms with Gasteiger partial charge in [0.2, 0.25) is 0 Å². The largest absolute Gasteiger partial charge is 0.472 e. The molecule has 0 saturated carbocycles. The highest BCUT2D eigenvalue weighted by Crippen LogP contribution is 2.45. The number of phosphoric ester groups is 2. The zero-order chi connectivity index (χ0) is 72.4. The van der Waals surface area contributed by atoms with Crippen LogP contribution in [0.3, 0.4) is 0 Å². The Morgan fingerprint density at radius 1 is 0.286 bits per heavy atom. The number of carbonyl (C=O) groups is 4. The predicted molar refractivity (Wildman–Crippen MR) is 400 cm³/mol. The third kappa shape index (κ3) is 69.8. The van der Waals surface area contributed by atoms with E-state index in [9.17, 15) is 43.2 Å². The number of aliphatic hydroxyl groups is 1. The van der Waals surface area contributed by atoms with Gasteiger partial charge in [0.05, 0.1) is 26.4 Å². The minimum atomic E-state index is -4.96. The van der Waals surface area contributed by atoms with Crippen LogP contribution >= 0.6 is 15.6 Å². The van der Waals surface area contributed by atoms with Crippen LogP contribution in [0.1, 0.15) is 402 Å². The molecule has 0 fully saturated rings. The molecule has 0 rings (SSSR count). The first-order chi connectivity index (χ1) is 47.2. The van der Waals surface area contributed by atoms with Gasteiger partial charge in [-0.2, -0.15) is 0 Å². The molecule has 0 aliphatic rings. The van der Waals surface area contributed by atoms with E-state index in [-0.39, 0.29) is 25.7 Å². The molecule has 0 bridgehead atoms. The van der Waals surface area contributed by atoms with Crippen molar-refractivity contribution in [3.8, 4) is 0 Å². The summed E-state index contributed by atoms with van der Waals surface area (Å²) in [6, 6.07) is 0. The predicted octanol–water partition coefficient (Wildman–Crippen LogP) is 23.2. The number of aliphatic hydroxyl groups excluding tert-OH is 1. The van der Waals surface area contributed by atoms with Crippen molar-refractivity contribution in [2.75, 3.05) is 39.6 Å². The molecule has 0 aliphatic carbocycles. The molecule has 0 saturated heterocycles. The SMILES string of the molecule is CCC(C)CCCCCCCCCCCCC(=O)O[C@H](COC(=O)CCCCCCCCCCCCCCC(C)C)COP(=O)(O)OC[C@@H](O)COP(=O)(O)OC[C@@H](COC(=O)CCCCCCCCC(C)CC)OC(=O)CCCCCCCCCCCCCCCCCCC(C)C. The van der Waals surface area contributed by atoms with Gasteiger partial charge in [0.1, 0.15) is 19.3 Å². The summed E-state index contributed by atoms with van der Waals surface area (Å²) in [5, 5.41) is 10.6. The number of hydrogen-bond donors (Lipinski definition) is 3. The standard InChI is InChI=1S/C79H154O17P2/c1-9-71(7)57-49-41-33-27-23-24-30-36-46-54-62-79(84)95-74(65-89-76(81)59-51-43-34-28-21-18-17-20-26-32-40-48-56-70(5)6)67-93-97(85,86)91-63-73(80)64-92-98(87,88)94-68-75(66-90-77(82)60-52-44-38-37-42-50-58-72(8)10-2)96-78(83)61-53-45-35-29-22-16-14-12-11-13-15-19-25-31-39-47-55-69(3)4/h69-75,80H,9-68H2,1-8H3,(H,85,86)(H,87,88)/t71?,72?,73-,74-,75-/m1/s1. The second-order valence-electron chi connectivity index (χ2n) is 29.9. The van der Waals surface area contributed by atoms with E-state index in [2.05, 4.69) is 55.4 Å². The number of hydrogen-bond acceptors (Lipinski definition) is 15. The van der Waals surface area contributed by atoms with Crippen LogP contribution in [0.2, 0.25) is 0 Å². The average Bonchev–Trinajstić information content (AvgIpc) is 0.971. The molecule has 17 nitrogen and oxygen atoms in total. The van der Waals surface area contributed by atoms with Crippen LogP contribution in [-0.2, 0) is 65.4 Å². The zero-order valence-corrected chi connectivity index (χ0v) is 66.2. The molecule has 3 N–H and O–H groups in total. The van der Waals surface area contributed by atoms with Crippen LogP contribution < -0.4 is 0 Å². The van der Waals surface area contributed by atoms with Crippen LogP contribution in [0.15, 0.2) is 0 Å². The van der Waals surface area contributed by atoms with Crippen molar-refractivity contribution >= 4 is 39.5 Å². The van der Waals surface area contributed by atoms with Gasteiger partial charge in [-0.3, -0.25) is 37.3 Å². The molecule has 7 atom stereocenters. The Kier molecular flexibility index (Phi) is 66.8. The summed E-state index contributed by atoms with van der Waals surface area (Å²) in [4.78, 5) is 72.9. The Hall–Kier alpha value is -1.94. The fourth-order valence-electron chi connectivity index (χ4n) is 12.0. The van der Waals surface area contributed by atoms with Gasteiger partial charge in [0, 0.05) is 25.7 Å². The number of ether oxygens (including phenoxy) is 4. The molecule has 0 aromatic heterocycles. The maximum absolute atomic E-state index is 13.1. The van der Waals surface area contributed by atoms with Crippen LogP contribution in [-0.4, -0.2) is 96.7 Å². The monoisotopic (exact) mass is 1440 g/mol. The van der Waals surface area contributed by atoms with E-state index in [1.807, 2.05) is 0 Å². The molecular formula is C79H154O17P2. The number of phosphoric acid groups is 2. The second-order valence-corrected chi connectivity index (χ2v) is 32.8. The highest BCUT2D eigenvalue weighted by molar-refractivity contribution is 7.47. The molecule has 0 radical (unpaired) electrons. The molecule has 98 heavy (non-hydrogen) atoms. The first-order valence-electron chi connectivity index (χ1n) is 40.8. The summed E-state index contributed by atoms with van der Waals surface area (Å²) in [5.74, 6) is 1.01. The lowest BCUT2D eigenvalue weighted by Crippen LogP contribution is -2.30. The summed E-state index contributed by atoms with van der Waals surface area (Å²) in [6.45, 7) is 14.3. The van der Waals surface area contributed by atoms with Crippen molar-refractivity contribution < 1.29 is 80.2 Å². The lowest BCUT2D eigenvalue weighted by atomic mass is 9.99. The highest BCUT2D eigenvalue weighted by atomic mass is 31.2. The van der Waals surface area contributed by atoms with E-state index < -0.39 is 97.5 Å². The fraction of sp³-hybridized carbons (Fsp3) is 0.949. The molecule has 0 amide bonds. The first-order valence-corrected chi connectivity index (χ1v) is 43.8. The van der Waals surface area contributed by atoms with Crippen molar-refractivity contribution in [2.24, 2.45) is 23.7 Å². The lowest BCUT2D eigenvalue weighted by molar-refractivity contribution is -0.161. The number of unbranched alkanes of at least 4 members (excludes halogenated alkanes) is 40. The molecule has 4 unspecified atom stereocenters. The van der Waals surface area contributed by atoms with Crippen molar-refractivity contribution in [3.05, 3.63) is 0 Å². The average molecular weight is 1440 g/mol. The molecular weight excluding hydrogens is 1280 g/mol. The van der Waals surface area contributed by atoms with E-state index in [1.54, 1.807) is 0 Å². The fourth-order valence-corrected chi connectivity index (χ4v) is 13.6. The minimum absolute atomic E-state index is 0.106. The third-order valence-electron chi connectivity index (χ3n) is 19.0. The Labute approximate surface area is 600 Å². The van der Waals surface area contributed by atoms with Gasteiger partial charge >= 0.3 is 39.5 Å². The van der Waals surface area contributed by atoms with Gasteiger partial charge in [-0.05, 0) is 49.4 Å². The summed E-state index contributed by atoms with van der Waals surface area (Å²) >= 11 is 0. The quantitative estimate of drug-likeness (QED) is 0.0222. The Morgan fingerprint density at radius 2 is 0.490 bits per heavy atom. The van der Waals surface area contributed by atoms with Crippen molar-refractivity contribution in [1.29, 1.82) is 0 Å². The molecule has 0 heterocycles. The van der Waals surface area contributed by atoms with Crippen molar-refractivity contribution in [2.45, 2.75) is 420 Å². The molecule has 0 aromatic carbocycles. The number of carbonyl (C=O) groups excluding carboxylic acids is 4. The van der Waals surface area contributed by atoms with Crippen LogP contribution in [0.4, 0.5) is 0 Å². The van der Waals surface area contributed by atoms with Crippen molar-refractivity contribution in [3.63, 3.8) is 0 Å². The van der Waals surface area contributed by atoms with Gasteiger partial charge < -0.3 is 33.8 Å². The molecule has 582 valence electrons. The van der Waals surface area contributed by atoms with Gasteiger partial charge in [-0.25, -0.2) is 9.13 Å². The molecule has 0 spiro atoms. The minimum Gasteiger partial charge on any atom is -0.462 e. The maximum atomic E-state index is 13.1. The topological polar surface area (TPSA) is 237 Å². The highest BCUT2D eigenvalue weighted by Gasteiger charge is 2.30. The van der Waals surface area contributed by atoms with Gasteiger partial charge in [-0.15, -0.1) is 0 Å². The zero-order valence-electron chi connectivity index (χ0n) is 64.4. The maximum Gasteiger partial charge on any atom is 0.472 e. The molecule has 0 aliphatic heterocycles. The number of rotatable bonds is 76. The van der Waals surface area contributed by atoms with Gasteiger partial charge in [0.15, 0.2) is 12.2 Å². The molecule has 0 aromatic rings.